The molecular weight excluding hydrogens is 226 g/mol. The van der Waals surface area contributed by atoms with Gasteiger partial charge in [0, 0.05) is 19.0 Å². The maximum atomic E-state index is 11.8. The van der Waals surface area contributed by atoms with E-state index in [1.165, 1.54) is 0 Å². The van der Waals surface area contributed by atoms with Crippen LogP contribution in [0, 0.1) is 6.92 Å². The summed E-state index contributed by atoms with van der Waals surface area (Å²) in [5.74, 6) is 0.582. The van der Waals surface area contributed by atoms with Crippen molar-refractivity contribution in [3.8, 4) is 0 Å². The average molecular weight is 244 g/mol. The summed E-state index contributed by atoms with van der Waals surface area (Å²) in [4.78, 5) is 11.8. The number of nitrogens with zero attached hydrogens (tertiary/aromatic N) is 2. The van der Waals surface area contributed by atoms with Crippen molar-refractivity contribution < 1.29 is 4.79 Å². The van der Waals surface area contributed by atoms with E-state index >= 15 is 0 Å². The highest BCUT2D eigenvalue weighted by Gasteiger charge is 2.11. The van der Waals surface area contributed by atoms with E-state index in [2.05, 4.69) is 10.4 Å². The van der Waals surface area contributed by atoms with Crippen molar-refractivity contribution in [2.75, 3.05) is 12.4 Å². The van der Waals surface area contributed by atoms with Gasteiger partial charge < -0.3 is 5.32 Å². The Morgan fingerprint density at radius 3 is 2.94 bits per heavy atom. The average Bonchev–Trinajstić information content (AvgIpc) is 2.65. The molecule has 0 saturated carbocycles. The number of aromatic nitrogens is 2. The third-order valence-electron chi connectivity index (χ3n) is 2.28. The third-order valence-corrected chi connectivity index (χ3v) is 2.55. The molecule has 4 nitrogen and oxygen atoms in total. The quantitative estimate of drug-likeness (QED) is 0.613. The number of aryl methyl sites for hydroxylation is 2. The molecule has 90 valence electrons. The zero-order valence-corrected chi connectivity index (χ0v) is 10.5. The van der Waals surface area contributed by atoms with Crippen molar-refractivity contribution in [2.45, 2.75) is 33.2 Å². The predicted molar refractivity (Wildman–Crippen MR) is 64.9 cm³/mol. The number of carbonyl (C=O) groups excluding carboxylic acids is 1. The molecule has 0 fully saturated rings. The molecule has 1 N–H and O–H groups in total. The molecule has 0 spiro atoms. The van der Waals surface area contributed by atoms with E-state index in [9.17, 15) is 4.79 Å². The van der Waals surface area contributed by atoms with Crippen LogP contribution in [-0.2, 0) is 6.54 Å². The molecule has 0 unspecified atom stereocenters. The number of nitrogens with one attached hydrogen (secondary N) is 1. The first kappa shape index (κ1) is 13.0. The second kappa shape index (κ2) is 6.53. The van der Waals surface area contributed by atoms with Gasteiger partial charge in [0.15, 0.2) is 0 Å². The molecule has 0 aliphatic carbocycles. The third kappa shape index (κ3) is 3.52. The number of halogens is 1. The minimum atomic E-state index is -0.0583. The van der Waals surface area contributed by atoms with Gasteiger partial charge in [0.05, 0.1) is 5.69 Å². The lowest BCUT2D eigenvalue weighted by Gasteiger charge is -2.05. The van der Waals surface area contributed by atoms with Gasteiger partial charge in [-0.3, -0.25) is 9.48 Å². The van der Waals surface area contributed by atoms with E-state index in [1.54, 1.807) is 10.7 Å². The van der Waals surface area contributed by atoms with E-state index < -0.39 is 0 Å². The summed E-state index contributed by atoms with van der Waals surface area (Å²) >= 11 is 5.56. The number of carbonyl (C=O) groups is 1. The second-order valence-corrected chi connectivity index (χ2v) is 4.02. The molecular formula is C11H18ClN3O. The minimum absolute atomic E-state index is 0.0583. The van der Waals surface area contributed by atoms with Crippen molar-refractivity contribution >= 4 is 17.5 Å². The molecule has 0 radical (unpaired) electrons. The van der Waals surface area contributed by atoms with Crippen LogP contribution in [0.25, 0.3) is 0 Å². The normalized spacial score (nSPS) is 10.4. The zero-order chi connectivity index (χ0) is 12.0. The van der Waals surface area contributed by atoms with Crippen LogP contribution in [0.1, 0.15) is 35.9 Å². The summed E-state index contributed by atoms with van der Waals surface area (Å²) in [6.07, 6.45) is 1.84. The Morgan fingerprint density at radius 2 is 2.31 bits per heavy atom. The van der Waals surface area contributed by atoms with Crippen LogP contribution >= 0.6 is 11.6 Å². The molecule has 1 aromatic rings. The van der Waals surface area contributed by atoms with E-state index in [4.69, 9.17) is 11.6 Å². The van der Waals surface area contributed by atoms with Crippen LogP contribution in [0.3, 0.4) is 0 Å². The summed E-state index contributed by atoms with van der Waals surface area (Å²) in [6.45, 7) is 5.23. The highest BCUT2D eigenvalue weighted by Crippen LogP contribution is 2.03. The number of hydrogen-bond donors (Lipinski definition) is 1. The number of alkyl halides is 1. The van der Waals surface area contributed by atoms with Crippen LogP contribution in [0.5, 0.6) is 0 Å². The van der Waals surface area contributed by atoms with Crippen molar-refractivity contribution in [1.29, 1.82) is 0 Å². The molecule has 0 aliphatic rings. The van der Waals surface area contributed by atoms with Crippen LogP contribution in [0.2, 0.25) is 0 Å². The number of unbranched alkanes of at least 4 members (excludes halogenated alkanes) is 1. The number of amides is 1. The second-order valence-electron chi connectivity index (χ2n) is 3.64. The smallest absolute Gasteiger partial charge is 0.269 e. The Bertz CT molecular complexity index is 349. The minimum Gasteiger partial charge on any atom is -0.351 e. The highest BCUT2D eigenvalue weighted by molar-refractivity contribution is 6.17. The summed E-state index contributed by atoms with van der Waals surface area (Å²) in [5.41, 5.74) is 1.50. The van der Waals surface area contributed by atoms with Gasteiger partial charge in [0.25, 0.3) is 5.91 Å². The lowest BCUT2D eigenvalue weighted by Crippen LogP contribution is -2.27. The molecule has 5 heteroatoms. The molecule has 0 bridgehead atoms. The Kier molecular flexibility index (Phi) is 5.32. The van der Waals surface area contributed by atoms with Gasteiger partial charge >= 0.3 is 0 Å². The standard InChI is InChI=1S/C11H18ClN3O/c1-3-15-10(8-9(2)14-15)11(16)13-7-5-4-6-12/h8H,3-7H2,1-2H3,(H,13,16). The fraction of sp³-hybridized carbons (Fsp3) is 0.636. The van der Waals surface area contributed by atoms with Gasteiger partial charge in [-0.1, -0.05) is 0 Å². The summed E-state index contributed by atoms with van der Waals surface area (Å²) < 4.78 is 1.71. The van der Waals surface area contributed by atoms with Crippen molar-refractivity contribution in [1.82, 2.24) is 15.1 Å². The van der Waals surface area contributed by atoms with Gasteiger partial charge in [-0.05, 0) is 32.8 Å². The Balaban J connectivity index is 2.51. The van der Waals surface area contributed by atoms with Crippen LogP contribution < -0.4 is 5.32 Å². The largest absolute Gasteiger partial charge is 0.351 e. The van der Waals surface area contributed by atoms with Crippen molar-refractivity contribution in [3.63, 3.8) is 0 Å². The molecule has 1 aromatic heterocycles. The van der Waals surface area contributed by atoms with Gasteiger partial charge in [0.1, 0.15) is 5.69 Å². The number of rotatable bonds is 6. The molecule has 1 amide bonds. The molecule has 1 heterocycles. The van der Waals surface area contributed by atoms with Crippen molar-refractivity contribution in [2.24, 2.45) is 0 Å². The summed E-state index contributed by atoms with van der Waals surface area (Å²) in [6, 6.07) is 1.81. The first-order valence-corrected chi connectivity index (χ1v) is 6.11. The molecule has 1 rings (SSSR count). The molecule has 0 aliphatic heterocycles. The Labute approximate surface area is 101 Å². The molecule has 0 atom stereocenters. The predicted octanol–water partition coefficient (Wildman–Crippen LogP) is 1.96. The van der Waals surface area contributed by atoms with E-state index in [0.29, 0.717) is 24.7 Å². The maximum Gasteiger partial charge on any atom is 0.269 e. The van der Waals surface area contributed by atoms with E-state index in [0.717, 1.165) is 18.5 Å². The van der Waals surface area contributed by atoms with Crippen molar-refractivity contribution in [3.05, 3.63) is 17.5 Å². The fourth-order valence-corrected chi connectivity index (χ4v) is 1.67. The molecule has 16 heavy (non-hydrogen) atoms. The maximum absolute atomic E-state index is 11.8. The lowest BCUT2D eigenvalue weighted by molar-refractivity contribution is 0.0942. The highest BCUT2D eigenvalue weighted by atomic mass is 35.5. The van der Waals surface area contributed by atoms with E-state index in [1.807, 2.05) is 13.8 Å². The first-order chi connectivity index (χ1) is 7.69. The SMILES string of the molecule is CCn1nc(C)cc1C(=O)NCCCCCl. The van der Waals surface area contributed by atoms with Gasteiger partial charge in [-0.2, -0.15) is 5.10 Å². The van der Waals surface area contributed by atoms with E-state index in [-0.39, 0.29) is 5.91 Å². The topological polar surface area (TPSA) is 46.9 Å². The summed E-state index contributed by atoms with van der Waals surface area (Å²) in [7, 11) is 0. The first-order valence-electron chi connectivity index (χ1n) is 5.57. The van der Waals surface area contributed by atoms with Crippen LogP contribution in [-0.4, -0.2) is 28.1 Å². The lowest BCUT2D eigenvalue weighted by atomic mass is 10.3. The summed E-state index contributed by atoms with van der Waals surface area (Å²) in [5, 5.41) is 7.09. The van der Waals surface area contributed by atoms with Crippen LogP contribution in [0.4, 0.5) is 0 Å². The monoisotopic (exact) mass is 243 g/mol. The fourth-order valence-electron chi connectivity index (χ4n) is 1.48. The van der Waals surface area contributed by atoms with Gasteiger partial charge in [0.2, 0.25) is 0 Å². The Hall–Kier alpha value is -1.03. The van der Waals surface area contributed by atoms with Gasteiger partial charge in [-0.15, -0.1) is 11.6 Å². The van der Waals surface area contributed by atoms with Gasteiger partial charge in [-0.25, -0.2) is 0 Å². The van der Waals surface area contributed by atoms with Crippen LogP contribution in [0.15, 0.2) is 6.07 Å². The molecule has 0 aromatic carbocycles. The molecule has 0 saturated heterocycles. The zero-order valence-electron chi connectivity index (χ0n) is 9.79. The Morgan fingerprint density at radius 1 is 1.56 bits per heavy atom. The number of hydrogen-bond acceptors (Lipinski definition) is 2.